The molecule has 1 aromatic heterocycles. The second-order valence-electron chi connectivity index (χ2n) is 5.38. The van der Waals surface area contributed by atoms with Crippen LogP contribution < -0.4 is 14.8 Å². The minimum Gasteiger partial charge on any atom is -0.493 e. The molecule has 0 unspecified atom stereocenters. The second-order valence-corrected chi connectivity index (χ2v) is 5.38. The number of nitrogens with zero attached hydrogens (tertiary/aromatic N) is 2. The van der Waals surface area contributed by atoms with Crippen molar-refractivity contribution in [2.45, 2.75) is 13.0 Å². The molecule has 0 radical (unpaired) electrons. The molecule has 0 bridgehead atoms. The lowest BCUT2D eigenvalue weighted by Gasteiger charge is -2.18. The van der Waals surface area contributed by atoms with Gasteiger partial charge in [0.05, 0.1) is 14.2 Å². The summed E-state index contributed by atoms with van der Waals surface area (Å²) in [5.74, 6) is 1.39. The Morgan fingerprint density at radius 3 is 2.46 bits per heavy atom. The number of amides is 2. The number of pyridine rings is 1. The van der Waals surface area contributed by atoms with Crippen LogP contribution in [0.2, 0.25) is 0 Å². The minimum absolute atomic E-state index is 0.104. The maximum Gasteiger partial charge on any atom is 0.317 e. The topological polar surface area (TPSA) is 63.7 Å². The zero-order valence-corrected chi connectivity index (χ0v) is 14.3. The third-order valence-corrected chi connectivity index (χ3v) is 3.65. The van der Waals surface area contributed by atoms with E-state index in [1.165, 1.54) is 0 Å². The van der Waals surface area contributed by atoms with Gasteiger partial charge in [-0.05, 0) is 41.8 Å². The van der Waals surface area contributed by atoms with Crippen LogP contribution in [0.5, 0.6) is 11.5 Å². The van der Waals surface area contributed by atoms with Crippen LogP contribution in [0.1, 0.15) is 11.1 Å². The van der Waals surface area contributed by atoms with Gasteiger partial charge in [0.25, 0.3) is 0 Å². The van der Waals surface area contributed by atoms with Crippen molar-refractivity contribution in [3.8, 4) is 11.5 Å². The normalized spacial score (nSPS) is 10.1. The van der Waals surface area contributed by atoms with E-state index in [2.05, 4.69) is 10.3 Å². The van der Waals surface area contributed by atoms with E-state index in [-0.39, 0.29) is 6.03 Å². The third kappa shape index (κ3) is 4.87. The van der Waals surface area contributed by atoms with Gasteiger partial charge in [0.15, 0.2) is 11.5 Å². The lowest BCUT2D eigenvalue weighted by molar-refractivity contribution is 0.207. The second kappa shape index (κ2) is 8.76. The van der Waals surface area contributed by atoms with E-state index >= 15 is 0 Å². The Bertz CT molecular complexity index is 662. The van der Waals surface area contributed by atoms with Gasteiger partial charge >= 0.3 is 6.03 Å². The van der Waals surface area contributed by atoms with Gasteiger partial charge < -0.3 is 19.7 Å². The Hall–Kier alpha value is -2.76. The van der Waals surface area contributed by atoms with Gasteiger partial charge in [-0.25, -0.2) is 4.79 Å². The number of urea groups is 1. The molecule has 0 spiro atoms. The van der Waals surface area contributed by atoms with E-state index < -0.39 is 0 Å². The van der Waals surface area contributed by atoms with Crippen LogP contribution in [0.25, 0.3) is 0 Å². The van der Waals surface area contributed by atoms with Crippen molar-refractivity contribution in [2.24, 2.45) is 0 Å². The predicted molar refractivity (Wildman–Crippen MR) is 92.4 cm³/mol. The van der Waals surface area contributed by atoms with Gasteiger partial charge in [0.1, 0.15) is 0 Å². The molecule has 0 atom stereocenters. The van der Waals surface area contributed by atoms with Gasteiger partial charge in [-0.15, -0.1) is 0 Å². The third-order valence-electron chi connectivity index (χ3n) is 3.65. The summed E-state index contributed by atoms with van der Waals surface area (Å²) in [6, 6.07) is 9.44. The first-order valence-electron chi connectivity index (χ1n) is 7.73. The number of ether oxygens (including phenoxy) is 2. The van der Waals surface area contributed by atoms with E-state index in [4.69, 9.17) is 9.47 Å². The summed E-state index contributed by atoms with van der Waals surface area (Å²) in [5, 5.41) is 2.92. The summed E-state index contributed by atoms with van der Waals surface area (Å²) in [4.78, 5) is 17.7. The molecule has 0 aliphatic rings. The minimum atomic E-state index is -0.104. The summed E-state index contributed by atoms with van der Waals surface area (Å²) in [6.45, 7) is 1.10. The quantitative estimate of drug-likeness (QED) is 0.848. The van der Waals surface area contributed by atoms with Crippen molar-refractivity contribution >= 4 is 6.03 Å². The highest BCUT2D eigenvalue weighted by Gasteiger charge is 2.09. The molecule has 0 aliphatic carbocycles. The fraction of sp³-hybridized carbons (Fsp3) is 0.333. The van der Waals surface area contributed by atoms with Gasteiger partial charge in [0.2, 0.25) is 0 Å². The maximum absolute atomic E-state index is 12.1. The number of methoxy groups -OCH3 is 2. The van der Waals surface area contributed by atoms with Crippen LogP contribution in [0, 0.1) is 0 Å². The molecule has 1 aromatic carbocycles. The van der Waals surface area contributed by atoms with E-state index in [0.717, 1.165) is 17.5 Å². The summed E-state index contributed by atoms with van der Waals surface area (Å²) in [7, 11) is 4.99. The molecule has 24 heavy (non-hydrogen) atoms. The van der Waals surface area contributed by atoms with Crippen LogP contribution in [0.15, 0.2) is 42.7 Å². The fourth-order valence-corrected chi connectivity index (χ4v) is 2.32. The summed E-state index contributed by atoms with van der Waals surface area (Å²) < 4.78 is 10.5. The Kier molecular flexibility index (Phi) is 6.42. The highest BCUT2D eigenvalue weighted by Crippen LogP contribution is 2.27. The molecule has 2 aromatic rings. The highest BCUT2D eigenvalue weighted by atomic mass is 16.5. The molecule has 1 heterocycles. The van der Waals surface area contributed by atoms with Crippen LogP contribution in [-0.2, 0) is 13.0 Å². The lowest BCUT2D eigenvalue weighted by Crippen LogP contribution is -2.37. The number of hydrogen-bond donors (Lipinski definition) is 1. The van der Waals surface area contributed by atoms with Crippen molar-refractivity contribution in [1.82, 2.24) is 15.2 Å². The smallest absolute Gasteiger partial charge is 0.317 e. The SMILES string of the molecule is COc1ccc(CCNC(=O)N(C)Cc2ccncc2)cc1OC. The predicted octanol–water partition coefficient (Wildman–Crippen LogP) is 2.48. The number of benzene rings is 1. The molecule has 128 valence electrons. The summed E-state index contributed by atoms with van der Waals surface area (Å²) in [6.07, 6.45) is 4.16. The Morgan fingerprint density at radius 2 is 1.79 bits per heavy atom. The molecular weight excluding hydrogens is 306 g/mol. The average Bonchev–Trinajstić information content (AvgIpc) is 2.62. The molecule has 2 amide bonds. The Balaban J connectivity index is 1.82. The van der Waals surface area contributed by atoms with Crippen LogP contribution in [-0.4, -0.2) is 43.7 Å². The first kappa shape index (κ1) is 17.6. The number of nitrogens with one attached hydrogen (secondary N) is 1. The standard InChI is InChI=1S/C18H23N3O3/c1-21(13-15-6-9-19-10-7-15)18(22)20-11-8-14-4-5-16(23-2)17(12-14)24-3/h4-7,9-10,12H,8,11,13H2,1-3H3,(H,20,22). The van der Waals surface area contributed by atoms with Crippen molar-refractivity contribution in [2.75, 3.05) is 27.8 Å². The monoisotopic (exact) mass is 329 g/mol. The van der Waals surface area contributed by atoms with Crippen molar-refractivity contribution in [1.29, 1.82) is 0 Å². The molecule has 1 N–H and O–H groups in total. The molecular formula is C18H23N3O3. The van der Waals surface area contributed by atoms with Crippen molar-refractivity contribution in [3.05, 3.63) is 53.9 Å². The van der Waals surface area contributed by atoms with E-state index in [1.54, 1.807) is 38.6 Å². The molecule has 2 rings (SSSR count). The number of carbonyl (C=O) groups excluding carboxylic acids is 1. The molecule has 0 saturated heterocycles. The van der Waals surface area contributed by atoms with Gasteiger partial charge in [-0.2, -0.15) is 0 Å². The van der Waals surface area contributed by atoms with E-state index in [1.807, 2.05) is 30.3 Å². The van der Waals surface area contributed by atoms with E-state index in [0.29, 0.717) is 24.6 Å². The van der Waals surface area contributed by atoms with Gasteiger partial charge in [-0.3, -0.25) is 4.98 Å². The van der Waals surface area contributed by atoms with Crippen LogP contribution >= 0.6 is 0 Å². The molecule has 0 aliphatic heterocycles. The van der Waals surface area contributed by atoms with Crippen LogP contribution in [0.4, 0.5) is 4.79 Å². The van der Waals surface area contributed by atoms with Crippen molar-refractivity contribution in [3.63, 3.8) is 0 Å². The molecule has 6 heteroatoms. The van der Waals surface area contributed by atoms with E-state index in [9.17, 15) is 4.79 Å². The largest absolute Gasteiger partial charge is 0.493 e. The van der Waals surface area contributed by atoms with Gasteiger partial charge in [0, 0.05) is 32.5 Å². The number of rotatable bonds is 7. The number of hydrogen-bond acceptors (Lipinski definition) is 4. The Morgan fingerprint density at radius 1 is 1.08 bits per heavy atom. The Labute approximate surface area is 142 Å². The first-order valence-corrected chi connectivity index (χ1v) is 7.73. The average molecular weight is 329 g/mol. The zero-order valence-electron chi connectivity index (χ0n) is 14.3. The number of aromatic nitrogens is 1. The maximum atomic E-state index is 12.1. The van der Waals surface area contributed by atoms with Gasteiger partial charge in [-0.1, -0.05) is 6.07 Å². The fourth-order valence-electron chi connectivity index (χ4n) is 2.32. The van der Waals surface area contributed by atoms with Crippen LogP contribution in [0.3, 0.4) is 0 Å². The first-order chi connectivity index (χ1) is 11.6. The molecule has 0 fully saturated rings. The highest BCUT2D eigenvalue weighted by molar-refractivity contribution is 5.73. The lowest BCUT2D eigenvalue weighted by atomic mass is 10.1. The zero-order chi connectivity index (χ0) is 17.4. The number of carbonyl (C=O) groups is 1. The molecule has 0 saturated carbocycles. The molecule has 6 nitrogen and oxygen atoms in total. The van der Waals surface area contributed by atoms with Crippen molar-refractivity contribution < 1.29 is 14.3 Å². The summed E-state index contributed by atoms with van der Waals surface area (Å²) in [5.41, 5.74) is 2.12. The summed E-state index contributed by atoms with van der Waals surface area (Å²) >= 11 is 0.